The van der Waals surface area contributed by atoms with E-state index in [0.717, 1.165) is 43.1 Å². The molecular weight excluding hydrogens is 240 g/mol. The minimum atomic E-state index is 0.0787. The molecule has 1 fully saturated rings. The van der Waals surface area contributed by atoms with Gasteiger partial charge in [-0.25, -0.2) is 0 Å². The van der Waals surface area contributed by atoms with Crippen molar-refractivity contribution in [1.29, 1.82) is 0 Å². The van der Waals surface area contributed by atoms with E-state index >= 15 is 0 Å². The molecule has 0 bridgehead atoms. The standard InChI is InChI=1S/C15H20N2O2/c1-12-11-13(3-5-14(12)19-2)4-6-15(18)17-9-7-16-8-10-17/h3-6,11,16H,7-10H2,1-2H3/b6-4+. The van der Waals surface area contributed by atoms with Crippen LogP contribution in [-0.2, 0) is 4.79 Å². The van der Waals surface area contributed by atoms with Crippen molar-refractivity contribution in [2.75, 3.05) is 33.3 Å². The Balaban J connectivity index is 2.01. The lowest BCUT2D eigenvalue weighted by Gasteiger charge is -2.26. The molecule has 1 N–H and O–H groups in total. The summed E-state index contributed by atoms with van der Waals surface area (Å²) < 4.78 is 5.21. The maximum absolute atomic E-state index is 12.0. The van der Waals surface area contributed by atoms with Crippen molar-refractivity contribution in [3.8, 4) is 5.75 Å². The molecule has 0 unspecified atom stereocenters. The number of amides is 1. The minimum Gasteiger partial charge on any atom is -0.496 e. The highest BCUT2D eigenvalue weighted by atomic mass is 16.5. The molecule has 1 aliphatic rings. The fraction of sp³-hybridized carbons (Fsp3) is 0.400. The lowest BCUT2D eigenvalue weighted by Crippen LogP contribution is -2.45. The fourth-order valence-electron chi connectivity index (χ4n) is 2.16. The molecule has 102 valence electrons. The van der Waals surface area contributed by atoms with E-state index in [1.807, 2.05) is 36.1 Å². The summed E-state index contributed by atoms with van der Waals surface area (Å²) in [5, 5.41) is 3.23. The van der Waals surface area contributed by atoms with Crippen molar-refractivity contribution >= 4 is 12.0 Å². The number of nitrogens with zero attached hydrogens (tertiary/aromatic N) is 1. The number of carbonyl (C=O) groups is 1. The van der Waals surface area contributed by atoms with Crippen LogP contribution in [0.5, 0.6) is 5.75 Å². The number of ether oxygens (including phenoxy) is 1. The first-order chi connectivity index (χ1) is 9.20. The Labute approximate surface area is 114 Å². The van der Waals surface area contributed by atoms with Crippen molar-refractivity contribution in [2.24, 2.45) is 0 Å². The summed E-state index contributed by atoms with van der Waals surface area (Å²) in [4.78, 5) is 13.8. The van der Waals surface area contributed by atoms with Crippen LogP contribution in [-0.4, -0.2) is 44.1 Å². The van der Waals surface area contributed by atoms with Gasteiger partial charge in [-0.05, 0) is 36.3 Å². The summed E-state index contributed by atoms with van der Waals surface area (Å²) in [6.07, 6.45) is 3.50. The molecule has 1 aliphatic heterocycles. The topological polar surface area (TPSA) is 41.6 Å². The molecule has 1 saturated heterocycles. The van der Waals surface area contributed by atoms with E-state index in [4.69, 9.17) is 4.74 Å². The van der Waals surface area contributed by atoms with Crippen LogP contribution in [0.4, 0.5) is 0 Å². The van der Waals surface area contributed by atoms with E-state index in [1.165, 1.54) is 0 Å². The lowest BCUT2D eigenvalue weighted by molar-refractivity contribution is -0.126. The summed E-state index contributed by atoms with van der Waals surface area (Å²) in [7, 11) is 1.66. The van der Waals surface area contributed by atoms with Gasteiger partial charge in [-0.2, -0.15) is 0 Å². The van der Waals surface area contributed by atoms with Crippen LogP contribution in [0.2, 0.25) is 0 Å². The maximum atomic E-state index is 12.0. The monoisotopic (exact) mass is 260 g/mol. The van der Waals surface area contributed by atoms with E-state index in [0.29, 0.717) is 0 Å². The molecule has 0 radical (unpaired) electrons. The van der Waals surface area contributed by atoms with Crippen LogP contribution in [0.3, 0.4) is 0 Å². The third-order valence-corrected chi connectivity index (χ3v) is 3.27. The first kappa shape index (κ1) is 13.6. The first-order valence-corrected chi connectivity index (χ1v) is 6.53. The van der Waals surface area contributed by atoms with Crippen LogP contribution in [0, 0.1) is 6.92 Å². The SMILES string of the molecule is COc1ccc(/C=C/C(=O)N2CCNCC2)cc1C. The Morgan fingerprint density at radius 2 is 2.11 bits per heavy atom. The molecule has 1 amide bonds. The lowest BCUT2D eigenvalue weighted by atomic mass is 10.1. The van der Waals surface area contributed by atoms with Crippen LogP contribution < -0.4 is 10.1 Å². The second kappa shape index (κ2) is 6.38. The molecule has 4 nitrogen and oxygen atoms in total. The number of hydrogen-bond donors (Lipinski definition) is 1. The van der Waals surface area contributed by atoms with Gasteiger partial charge in [0.15, 0.2) is 0 Å². The average Bonchev–Trinajstić information content (AvgIpc) is 2.46. The minimum absolute atomic E-state index is 0.0787. The molecular formula is C15H20N2O2. The highest BCUT2D eigenvalue weighted by Gasteiger charge is 2.13. The number of rotatable bonds is 3. The van der Waals surface area contributed by atoms with E-state index in [9.17, 15) is 4.79 Å². The number of carbonyl (C=O) groups excluding carboxylic acids is 1. The predicted molar refractivity (Wildman–Crippen MR) is 76.2 cm³/mol. The summed E-state index contributed by atoms with van der Waals surface area (Å²) in [6, 6.07) is 5.89. The number of methoxy groups -OCH3 is 1. The van der Waals surface area contributed by atoms with E-state index in [-0.39, 0.29) is 5.91 Å². The summed E-state index contributed by atoms with van der Waals surface area (Å²) in [6.45, 7) is 5.31. The van der Waals surface area contributed by atoms with Crippen LogP contribution in [0.1, 0.15) is 11.1 Å². The molecule has 0 atom stereocenters. The normalized spacial score (nSPS) is 15.8. The molecule has 0 saturated carbocycles. The third kappa shape index (κ3) is 3.58. The molecule has 4 heteroatoms. The zero-order chi connectivity index (χ0) is 13.7. The highest BCUT2D eigenvalue weighted by molar-refractivity contribution is 5.91. The molecule has 0 spiro atoms. The van der Waals surface area contributed by atoms with Crippen LogP contribution >= 0.6 is 0 Å². The van der Waals surface area contributed by atoms with Gasteiger partial charge in [-0.1, -0.05) is 6.07 Å². The van der Waals surface area contributed by atoms with Crippen LogP contribution in [0.15, 0.2) is 24.3 Å². The Kier molecular flexibility index (Phi) is 4.58. The second-order valence-electron chi connectivity index (χ2n) is 4.64. The summed E-state index contributed by atoms with van der Waals surface area (Å²) in [5.41, 5.74) is 2.08. The molecule has 1 heterocycles. The number of piperazine rings is 1. The van der Waals surface area contributed by atoms with Gasteiger partial charge in [0.2, 0.25) is 5.91 Å². The zero-order valence-electron chi connectivity index (χ0n) is 11.5. The van der Waals surface area contributed by atoms with Gasteiger partial charge in [-0.3, -0.25) is 4.79 Å². The van der Waals surface area contributed by atoms with Crippen molar-refractivity contribution < 1.29 is 9.53 Å². The number of benzene rings is 1. The Bertz CT molecular complexity index is 477. The van der Waals surface area contributed by atoms with Gasteiger partial charge in [-0.15, -0.1) is 0 Å². The highest BCUT2D eigenvalue weighted by Crippen LogP contribution is 2.19. The average molecular weight is 260 g/mol. The van der Waals surface area contributed by atoms with Crippen LogP contribution in [0.25, 0.3) is 6.08 Å². The Morgan fingerprint density at radius 1 is 1.37 bits per heavy atom. The number of nitrogens with one attached hydrogen (secondary N) is 1. The second-order valence-corrected chi connectivity index (χ2v) is 4.64. The molecule has 1 aromatic carbocycles. The van der Waals surface area contributed by atoms with Gasteiger partial charge in [0.05, 0.1) is 7.11 Å². The van der Waals surface area contributed by atoms with E-state index < -0.39 is 0 Å². The van der Waals surface area contributed by atoms with Crippen molar-refractivity contribution in [2.45, 2.75) is 6.92 Å². The first-order valence-electron chi connectivity index (χ1n) is 6.53. The van der Waals surface area contributed by atoms with Crippen molar-refractivity contribution in [1.82, 2.24) is 10.2 Å². The van der Waals surface area contributed by atoms with Gasteiger partial charge >= 0.3 is 0 Å². The maximum Gasteiger partial charge on any atom is 0.246 e. The van der Waals surface area contributed by atoms with E-state index in [2.05, 4.69) is 5.32 Å². The van der Waals surface area contributed by atoms with Gasteiger partial charge in [0.1, 0.15) is 5.75 Å². The molecule has 0 aromatic heterocycles. The Morgan fingerprint density at radius 3 is 2.74 bits per heavy atom. The van der Waals surface area contributed by atoms with Gasteiger partial charge in [0, 0.05) is 32.3 Å². The quantitative estimate of drug-likeness (QED) is 0.836. The van der Waals surface area contributed by atoms with Crippen molar-refractivity contribution in [3.05, 3.63) is 35.4 Å². The number of aryl methyl sites for hydroxylation is 1. The summed E-state index contributed by atoms with van der Waals surface area (Å²) in [5.74, 6) is 0.945. The van der Waals surface area contributed by atoms with Crippen molar-refractivity contribution in [3.63, 3.8) is 0 Å². The smallest absolute Gasteiger partial charge is 0.246 e. The van der Waals surface area contributed by atoms with Gasteiger partial charge < -0.3 is 15.0 Å². The largest absolute Gasteiger partial charge is 0.496 e. The zero-order valence-corrected chi connectivity index (χ0v) is 11.5. The molecule has 0 aliphatic carbocycles. The number of hydrogen-bond acceptors (Lipinski definition) is 3. The molecule has 1 aromatic rings. The molecule has 19 heavy (non-hydrogen) atoms. The summed E-state index contributed by atoms with van der Waals surface area (Å²) >= 11 is 0. The third-order valence-electron chi connectivity index (χ3n) is 3.27. The van der Waals surface area contributed by atoms with Gasteiger partial charge in [0.25, 0.3) is 0 Å². The fourth-order valence-corrected chi connectivity index (χ4v) is 2.16. The van der Waals surface area contributed by atoms with E-state index in [1.54, 1.807) is 13.2 Å². The predicted octanol–water partition coefficient (Wildman–Crippen LogP) is 1.45. The molecule has 2 rings (SSSR count). The Hall–Kier alpha value is -1.81.